The highest BCUT2D eigenvalue weighted by molar-refractivity contribution is 6.27. The molecule has 10 aromatic rings. The smallest absolute Gasteiger partial charge is 0.164 e. The van der Waals surface area contributed by atoms with Gasteiger partial charge in [-0.1, -0.05) is 115 Å². The monoisotopic (exact) mass is 665 g/mol. The first-order valence-corrected chi connectivity index (χ1v) is 17.1. The molecular formula is C46H27N5O. The van der Waals surface area contributed by atoms with E-state index in [-0.39, 0.29) is 0 Å². The number of benzene rings is 7. The molecule has 7 aromatic carbocycles. The minimum atomic E-state index is 0.545. The topological polar surface area (TPSA) is 80.5 Å². The largest absolute Gasteiger partial charge is 0.456 e. The van der Waals surface area contributed by atoms with Crippen LogP contribution in [0.1, 0.15) is 5.56 Å². The lowest BCUT2D eigenvalue weighted by Crippen LogP contribution is -2.02. The second-order valence-electron chi connectivity index (χ2n) is 12.7. The molecule has 0 fully saturated rings. The highest BCUT2D eigenvalue weighted by Crippen LogP contribution is 2.43. The Kier molecular flexibility index (Phi) is 6.76. The van der Waals surface area contributed by atoms with Crippen molar-refractivity contribution in [2.45, 2.75) is 0 Å². The van der Waals surface area contributed by atoms with Crippen molar-refractivity contribution in [3.05, 3.63) is 169 Å². The van der Waals surface area contributed by atoms with Crippen LogP contribution in [-0.4, -0.2) is 19.5 Å². The van der Waals surface area contributed by atoms with E-state index in [0.717, 1.165) is 77.2 Å². The van der Waals surface area contributed by atoms with E-state index in [9.17, 15) is 5.26 Å². The number of fused-ring (bicyclic) bond motifs is 7. The summed E-state index contributed by atoms with van der Waals surface area (Å²) >= 11 is 0. The molecule has 0 aliphatic carbocycles. The third-order valence-electron chi connectivity index (χ3n) is 9.71. The molecule has 242 valence electrons. The molecule has 0 bridgehead atoms. The summed E-state index contributed by atoms with van der Waals surface area (Å²) in [5.74, 6) is 1.72. The number of hydrogen-bond donors (Lipinski definition) is 0. The van der Waals surface area contributed by atoms with Crippen molar-refractivity contribution in [3.8, 4) is 57.0 Å². The summed E-state index contributed by atoms with van der Waals surface area (Å²) in [5, 5.41) is 14.8. The standard InChI is InChI=1S/C46H27N5O/c47-28-32-17-7-8-18-33(32)36-27-31(46-49-44(29-13-3-1-4-14-29)48-45(50-46)30-15-5-2-6-16-30)23-24-38(36)51-37-21-11-9-19-34(37)42-39(51)25-26-41-43(42)35-20-10-12-22-40(35)52-41/h1-27H. The van der Waals surface area contributed by atoms with Crippen LogP contribution in [0.15, 0.2) is 168 Å². The van der Waals surface area contributed by atoms with Crippen LogP contribution in [0.5, 0.6) is 0 Å². The van der Waals surface area contributed by atoms with Crippen LogP contribution in [-0.2, 0) is 0 Å². The summed E-state index contributed by atoms with van der Waals surface area (Å²) in [6, 6.07) is 57.3. The fourth-order valence-corrected chi connectivity index (χ4v) is 7.37. The van der Waals surface area contributed by atoms with Gasteiger partial charge in [0.25, 0.3) is 0 Å². The Morgan fingerprint density at radius 1 is 0.462 bits per heavy atom. The third-order valence-corrected chi connectivity index (χ3v) is 9.71. The average Bonchev–Trinajstić information content (AvgIpc) is 3.77. The molecule has 0 aliphatic heterocycles. The maximum Gasteiger partial charge on any atom is 0.164 e. The molecule has 0 N–H and O–H groups in total. The number of rotatable bonds is 5. The first kappa shape index (κ1) is 29.5. The van der Waals surface area contributed by atoms with Gasteiger partial charge in [-0.05, 0) is 48.5 Å². The predicted molar refractivity (Wildman–Crippen MR) is 208 cm³/mol. The van der Waals surface area contributed by atoms with Gasteiger partial charge in [-0.25, -0.2) is 15.0 Å². The van der Waals surface area contributed by atoms with Gasteiger partial charge in [-0.3, -0.25) is 0 Å². The van der Waals surface area contributed by atoms with Crippen molar-refractivity contribution in [2.75, 3.05) is 0 Å². The van der Waals surface area contributed by atoms with Crippen molar-refractivity contribution in [3.63, 3.8) is 0 Å². The van der Waals surface area contributed by atoms with E-state index in [1.807, 2.05) is 97.1 Å². The Bertz CT molecular complexity index is 2970. The van der Waals surface area contributed by atoms with Crippen LogP contribution < -0.4 is 0 Å². The van der Waals surface area contributed by atoms with Gasteiger partial charge in [0.05, 0.1) is 28.4 Å². The molecule has 3 heterocycles. The Labute approximate surface area is 298 Å². The quantitative estimate of drug-likeness (QED) is 0.183. The van der Waals surface area contributed by atoms with E-state index >= 15 is 0 Å². The van der Waals surface area contributed by atoms with Gasteiger partial charge >= 0.3 is 0 Å². The minimum absolute atomic E-state index is 0.545. The van der Waals surface area contributed by atoms with E-state index < -0.39 is 0 Å². The molecule has 52 heavy (non-hydrogen) atoms. The van der Waals surface area contributed by atoms with Crippen LogP contribution in [0, 0.1) is 11.3 Å². The summed E-state index contributed by atoms with van der Waals surface area (Å²) in [4.78, 5) is 14.9. The lowest BCUT2D eigenvalue weighted by molar-refractivity contribution is 0.669. The molecule has 0 aliphatic rings. The van der Waals surface area contributed by atoms with Crippen LogP contribution >= 0.6 is 0 Å². The fraction of sp³-hybridized carbons (Fsp3) is 0. The zero-order valence-corrected chi connectivity index (χ0v) is 27.7. The Hall–Kier alpha value is -7.36. The molecule has 10 rings (SSSR count). The number of furan rings is 1. The number of para-hydroxylation sites is 2. The van der Waals surface area contributed by atoms with Crippen molar-refractivity contribution < 1.29 is 4.42 Å². The first-order chi connectivity index (χ1) is 25.7. The van der Waals surface area contributed by atoms with E-state index in [1.54, 1.807) is 0 Å². The van der Waals surface area contributed by atoms with Gasteiger partial charge in [-0.15, -0.1) is 0 Å². The summed E-state index contributed by atoms with van der Waals surface area (Å²) in [7, 11) is 0. The van der Waals surface area contributed by atoms with E-state index in [2.05, 4.69) is 77.4 Å². The third kappa shape index (κ3) is 4.68. The van der Waals surface area contributed by atoms with E-state index in [4.69, 9.17) is 19.4 Å². The zero-order chi connectivity index (χ0) is 34.6. The molecule has 0 spiro atoms. The summed E-state index contributed by atoms with van der Waals surface area (Å²) < 4.78 is 8.63. The van der Waals surface area contributed by atoms with Crippen molar-refractivity contribution >= 4 is 43.7 Å². The number of aromatic nitrogens is 4. The Balaban J connectivity index is 1.27. The minimum Gasteiger partial charge on any atom is -0.456 e. The molecule has 6 nitrogen and oxygen atoms in total. The maximum absolute atomic E-state index is 10.4. The highest BCUT2D eigenvalue weighted by Gasteiger charge is 2.22. The van der Waals surface area contributed by atoms with Crippen molar-refractivity contribution in [1.29, 1.82) is 5.26 Å². The molecular weight excluding hydrogens is 639 g/mol. The summed E-state index contributed by atoms with van der Waals surface area (Å²) in [5.41, 5.74) is 9.64. The van der Waals surface area contributed by atoms with E-state index in [0.29, 0.717) is 23.0 Å². The van der Waals surface area contributed by atoms with Crippen LogP contribution in [0.25, 0.3) is 94.7 Å². The molecule has 6 heteroatoms. The molecule has 0 saturated carbocycles. The number of nitriles is 1. The molecule has 0 atom stereocenters. The van der Waals surface area contributed by atoms with Crippen molar-refractivity contribution in [1.82, 2.24) is 19.5 Å². The van der Waals surface area contributed by atoms with Gasteiger partial charge in [0.2, 0.25) is 0 Å². The molecule has 0 radical (unpaired) electrons. The van der Waals surface area contributed by atoms with Crippen LogP contribution in [0.2, 0.25) is 0 Å². The number of nitrogens with zero attached hydrogens (tertiary/aromatic N) is 5. The average molecular weight is 666 g/mol. The summed E-state index contributed by atoms with van der Waals surface area (Å²) in [6.45, 7) is 0. The molecule has 0 amide bonds. The molecule has 0 saturated heterocycles. The van der Waals surface area contributed by atoms with Gasteiger partial charge in [0.15, 0.2) is 17.5 Å². The highest BCUT2D eigenvalue weighted by atomic mass is 16.3. The van der Waals surface area contributed by atoms with Gasteiger partial charge < -0.3 is 8.98 Å². The second-order valence-corrected chi connectivity index (χ2v) is 12.7. The maximum atomic E-state index is 10.4. The van der Waals surface area contributed by atoms with Crippen LogP contribution in [0.4, 0.5) is 0 Å². The van der Waals surface area contributed by atoms with Gasteiger partial charge in [0, 0.05) is 49.4 Å². The normalized spacial score (nSPS) is 11.4. The van der Waals surface area contributed by atoms with E-state index in [1.165, 1.54) is 0 Å². The SMILES string of the molecule is N#Cc1ccccc1-c1cc(-c2nc(-c3ccccc3)nc(-c3ccccc3)n2)ccc1-n1c2ccccc2c2c3c(ccc21)oc1ccccc13. The van der Waals surface area contributed by atoms with Gasteiger partial charge in [-0.2, -0.15) is 5.26 Å². The lowest BCUT2D eigenvalue weighted by atomic mass is 9.96. The first-order valence-electron chi connectivity index (χ1n) is 17.1. The molecule has 0 unspecified atom stereocenters. The number of hydrogen-bond acceptors (Lipinski definition) is 5. The zero-order valence-electron chi connectivity index (χ0n) is 27.7. The second kappa shape index (κ2) is 11.9. The summed E-state index contributed by atoms with van der Waals surface area (Å²) in [6.07, 6.45) is 0. The van der Waals surface area contributed by atoms with Crippen LogP contribution in [0.3, 0.4) is 0 Å². The predicted octanol–water partition coefficient (Wildman–Crippen LogP) is 11.4. The Morgan fingerprint density at radius 2 is 1.08 bits per heavy atom. The van der Waals surface area contributed by atoms with Gasteiger partial charge in [0.1, 0.15) is 11.2 Å². The lowest BCUT2D eigenvalue weighted by Gasteiger charge is -2.17. The fourth-order valence-electron chi connectivity index (χ4n) is 7.37. The van der Waals surface area contributed by atoms with Crippen molar-refractivity contribution in [2.24, 2.45) is 0 Å². The Morgan fingerprint density at radius 3 is 1.81 bits per heavy atom. The molecule has 3 aromatic heterocycles.